The molecule has 0 unspecified atom stereocenters. The van der Waals surface area contributed by atoms with Crippen LogP contribution in [-0.4, -0.2) is 33.9 Å². The molecule has 0 aliphatic carbocycles. The van der Waals surface area contributed by atoms with Gasteiger partial charge in [0.2, 0.25) is 0 Å². The van der Waals surface area contributed by atoms with E-state index in [1.54, 1.807) is 0 Å². The Morgan fingerprint density at radius 3 is 2.55 bits per heavy atom. The maximum absolute atomic E-state index is 12.2. The van der Waals surface area contributed by atoms with E-state index in [0.717, 1.165) is 23.5 Å². The average Bonchev–Trinajstić information content (AvgIpc) is 2.68. The Morgan fingerprint density at radius 1 is 1.15 bits per heavy atom. The first kappa shape index (κ1) is 14.5. The number of nitro groups is 1. The van der Waals surface area contributed by atoms with Gasteiger partial charge in [0.1, 0.15) is 5.56 Å². The van der Waals surface area contributed by atoms with E-state index in [0.29, 0.717) is 6.42 Å². The van der Waals surface area contributed by atoms with Gasteiger partial charge in [-0.1, -0.05) is 12.5 Å². The standard InChI is InChI=1S/C13H14N2O4S/c16-12-9-5-4-6-10(15(18)19)11(9)13(17)14(12)7-2-1-3-8-20/h4-6,20H,1-3,7-8H2. The number of hydrogen-bond donors (Lipinski definition) is 1. The predicted molar refractivity (Wildman–Crippen MR) is 76.2 cm³/mol. The summed E-state index contributed by atoms with van der Waals surface area (Å²) in [5, 5.41) is 10.9. The maximum Gasteiger partial charge on any atom is 0.282 e. The third-order valence-electron chi connectivity index (χ3n) is 3.21. The molecule has 20 heavy (non-hydrogen) atoms. The number of thiol groups is 1. The number of fused-ring (bicyclic) bond motifs is 1. The Bertz CT molecular complexity index is 573. The summed E-state index contributed by atoms with van der Waals surface area (Å²) in [5.41, 5.74) is -0.270. The summed E-state index contributed by atoms with van der Waals surface area (Å²) >= 11 is 4.09. The molecule has 0 saturated carbocycles. The number of imide groups is 1. The fraction of sp³-hybridized carbons (Fsp3) is 0.385. The second-order valence-corrected chi connectivity index (χ2v) is 4.95. The van der Waals surface area contributed by atoms with Crippen LogP contribution in [0.15, 0.2) is 18.2 Å². The van der Waals surface area contributed by atoms with E-state index in [1.807, 2.05) is 0 Å². The first-order valence-electron chi connectivity index (χ1n) is 6.32. The quantitative estimate of drug-likeness (QED) is 0.287. The molecule has 1 aromatic rings. The van der Waals surface area contributed by atoms with Crippen LogP contribution in [0.5, 0.6) is 0 Å². The van der Waals surface area contributed by atoms with Crippen LogP contribution in [-0.2, 0) is 0 Å². The minimum atomic E-state index is -0.631. The number of amides is 2. The zero-order chi connectivity index (χ0) is 14.7. The lowest BCUT2D eigenvalue weighted by molar-refractivity contribution is -0.385. The molecule has 0 bridgehead atoms. The van der Waals surface area contributed by atoms with Crippen LogP contribution in [0.1, 0.15) is 40.0 Å². The molecule has 0 N–H and O–H groups in total. The van der Waals surface area contributed by atoms with E-state index >= 15 is 0 Å². The molecule has 0 atom stereocenters. The van der Waals surface area contributed by atoms with Crippen LogP contribution in [0.2, 0.25) is 0 Å². The number of nitrogens with zero attached hydrogens (tertiary/aromatic N) is 2. The average molecular weight is 294 g/mol. The highest BCUT2D eigenvalue weighted by Gasteiger charge is 2.40. The van der Waals surface area contributed by atoms with Gasteiger partial charge in [0, 0.05) is 12.6 Å². The van der Waals surface area contributed by atoms with Gasteiger partial charge in [-0.15, -0.1) is 0 Å². The number of nitro benzene ring substituents is 1. The third-order valence-corrected chi connectivity index (χ3v) is 3.53. The van der Waals surface area contributed by atoms with E-state index in [2.05, 4.69) is 12.6 Å². The summed E-state index contributed by atoms with van der Waals surface area (Å²) in [6.45, 7) is 0.289. The fourth-order valence-electron chi connectivity index (χ4n) is 2.23. The maximum atomic E-state index is 12.2. The van der Waals surface area contributed by atoms with Gasteiger partial charge < -0.3 is 0 Å². The molecular formula is C13H14N2O4S. The summed E-state index contributed by atoms with van der Waals surface area (Å²) in [7, 11) is 0. The molecule has 1 heterocycles. The van der Waals surface area contributed by atoms with Crippen molar-refractivity contribution in [3.63, 3.8) is 0 Å². The van der Waals surface area contributed by atoms with E-state index < -0.39 is 16.7 Å². The van der Waals surface area contributed by atoms with E-state index in [9.17, 15) is 19.7 Å². The number of hydrogen-bond acceptors (Lipinski definition) is 5. The largest absolute Gasteiger partial charge is 0.282 e. The molecule has 0 fully saturated rings. The van der Waals surface area contributed by atoms with Crippen molar-refractivity contribution in [1.29, 1.82) is 0 Å². The molecule has 7 heteroatoms. The molecule has 0 spiro atoms. The molecule has 2 rings (SSSR count). The normalized spacial score (nSPS) is 13.8. The number of carbonyl (C=O) groups is 2. The summed E-state index contributed by atoms with van der Waals surface area (Å²) < 4.78 is 0. The predicted octanol–water partition coefficient (Wildman–Crippen LogP) is 2.29. The van der Waals surface area contributed by atoms with Crippen LogP contribution in [0.25, 0.3) is 0 Å². The Balaban J connectivity index is 2.22. The summed E-state index contributed by atoms with van der Waals surface area (Å²) in [6.07, 6.45) is 2.45. The van der Waals surface area contributed by atoms with Gasteiger partial charge in [0.25, 0.3) is 17.5 Å². The van der Waals surface area contributed by atoms with E-state index in [-0.39, 0.29) is 23.4 Å². The molecule has 6 nitrogen and oxygen atoms in total. The monoisotopic (exact) mass is 294 g/mol. The molecule has 0 radical (unpaired) electrons. The lowest BCUT2D eigenvalue weighted by Gasteiger charge is -2.12. The van der Waals surface area contributed by atoms with E-state index in [4.69, 9.17) is 0 Å². The van der Waals surface area contributed by atoms with Crippen molar-refractivity contribution in [3.8, 4) is 0 Å². The topological polar surface area (TPSA) is 80.5 Å². The molecule has 1 aliphatic heterocycles. The first-order chi connectivity index (χ1) is 9.57. The highest BCUT2D eigenvalue weighted by molar-refractivity contribution is 7.80. The van der Waals surface area contributed by atoms with Gasteiger partial charge in [-0.2, -0.15) is 12.6 Å². The lowest BCUT2D eigenvalue weighted by Crippen LogP contribution is -2.30. The molecular weight excluding hydrogens is 280 g/mol. The van der Waals surface area contributed by atoms with Gasteiger partial charge in [0.05, 0.1) is 10.5 Å². The molecule has 0 aromatic heterocycles. The number of carbonyl (C=O) groups excluding carboxylic acids is 2. The lowest BCUT2D eigenvalue weighted by atomic mass is 10.1. The zero-order valence-corrected chi connectivity index (χ0v) is 11.6. The van der Waals surface area contributed by atoms with Crippen LogP contribution in [0.4, 0.5) is 5.69 Å². The first-order valence-corrected chi connectivity index (χ1v) is 6.95. The van der Waals surface area contributed by atoms with Gasteiger partial charge in [-0.25, -0.2) is 0 Å². The molecule has 0 saturated heterocycles. The van der Waals surface area contributed by atoms with Gasteiger partial charge in [0.15, 0.2) is 0 Å². The zero-order valence-electron chi connectivity index (χ0n) is 10.7. The van der Waals surface area contributed by atoms with Crippen molar-refractivity contribution >= 4 is 30.1 Å². The van der Waals surface area contributed by atoms with Gasteiger partial charge in [-0.3, -0.25) is 24.6 Å². The van der Waals surface area contributed by atoms with Crippen molar-refractivity contribution in [2.75, 3.05) is 12.3 Å². The molecule has 2 amide bonds. The molecule has 1 aromatic carbocycles. The SMILES string of the molecule is O=C1c2cccc([N+](=O)[O-])c2C(=O)N1CCCCCS. The molecule has 106 valence electrons. The Labute approximate surface area is 121 Å². The highest BCUT2D eigenvalue weighted by atomic mass is 32.1. The smallest absolute Gasteiger partial charge is 0.274 e. The van der Waals surface area contributed by atoms with Gasteiger partial charge in [-0.05, 0) is 24.7 Å². The summed E-state index contributed by atoms with van der Waals surface area (Å²) in [5.74, 6) is -0.254. The van der Waals surface area contributed by atoms with Crippen LogP contribution in [0.3, 0.4) is 0 Å². The summed E-state index contributed by atoms with van der Waals surface area (Å²) in [6, 6.07) is 4.12. The van der Waals surface area contributed by atoms with E-state index in [1.165, 1.54) is 18.2 Å². The number of rotatable bonds is 6. The Kier molecular flexibility index (Phi) is 4.39. The second-order valence-electron chi connectivity index (χ2n) is 4.50. The Morgan fingerprint density at radius 2 is 1.90 bits per heavy atom. The van der Waals surface area contributed by atoms with Crippen LogP contribution >= 0.6 is 12.6 Å². The van der Waals surface area contributed by atoms with Crippen molar-refractivity contribution in [2.24, 2.45) is 0 Å². The van der Waals surface area contributed by atoms with Gasteiger partial charge >= 0.3 is 0 Å². The third kappa shape index (κ3) is 2.53. The highest BCUT2D eigenvalue weighted by Crippen LogP contribution is 2.30. The van der Waals surface area contributed by atoms with Crippen LogP contribution < -0.4 is 0 Å². The number of benzene rings is 1. The minimum Gasteiger partial charge on any atom is -0.274 e. The number of unbranched alkanes of at least 4 members (excludes halogenated alkanes) is 2. The fourth-order valence-corrected chi connectivity index (χ4v) is 2.45. The van der Waals surface area contributed by atoms with Crippen molar-refractivity contribution in [1.82, 2.24) is 4.90 Å². The van der Waals surface area contributed by atoms with Crippen molar-refractivity contribution in [3.05, 3.63) is 39.4 Å². The molecule has 1 aliphatic rings. The second kappa shape index (κ2) is 6.04. The summed E-state index contributed by atoms with van der Waals surface area (Å²) in [4.78, 5) is 35.7. The van der Waals surface area contributed by atoms with Crippen molar-refractivity contribution in [2.45, 2.75) is 19.3 Å². The Hall–Kier alpha value is -1.89. The van der Waals surface area contributed by atoms with Crippen molar-refractivity contribution < 1.29 is 14.5 Å². The van der Waals surface area contributed by atoms with Crippen LogP contribution in [0, 0.1) is 10.1 Å². The minimum absolute atomic E-state index is 0.0864.